The lowest BCUT2D eigenvalue weighted by molar-refractivity contribution is 0.526. The van der Waals surface area contributed by atoms with Gasteiger partial charge < -0.3 is 4.57 Å². The number of unbranched alkanes of at least 4 members (excludes halogenated alkanes) is 11. The Kier molecular flexibility index (Phi) is 10.3. The maximum atomic E-state index is 4.25. The van der Waals surface area contributed by atoms with Crippen LogP contribution in [-0.4, -0.2) is 9.55 Å². The summed E-state index contributed by atoms with van der Waals surface area (Å²) in [5.74, 6) is 1.15. The SMILES string of the molecule is CCCCCCCCCCCCCCn1ccnc1C. The van der Waals surface area contributed by atoms with Crippen LogP contribution in [0.4, 0.5) is 0 Å². The van der Waals surface area contributed by atoms with E-state index in [-0.39, 0.29) is 0 Å². The van der Waals surface area contributed by atoms with Crippen molar-refractivity contribution in [3.8, 4) is 0 Å². The molecule has 2 heteroatoms. The molecule has 116 valence electrons. The van der Waals surface area contributed by atoms with Crippen LogP contribution in [0.2, 0.25) is 0 Å². The van der Waals surface area contributed by atoms with Crippen molar-refractivity contribution >= 4 is 0 Å². The lowest BCUT2D eigenvalue weighted by atomic mass is 10.1. The largest absolute Gasteiger partial charge is 0.335 e. The average Bonchev–Trinajstić information content (AvgIpc) is 2.85. The molecule has 0 fully saturated rings. The van der Waals surface area contributed by atoms with E-state index in [1.165, 1.54) is 77.0 Å². The monoisotopic (exact) mass is 278 g/mol. The molecule has 1 aromatic heterocycles. The highest BCUT2D eigenvalue weighted by molar-refractivity contribution is 4.87. The number of aromatic nitrogens is 2. The third kappa shape index (κ3) is 8.39. The smallest absolute Gasteiger partial charge is 0.105 e. The maximum Gasteiger partial charge on any atom is 0.105 e. The van der Waals surface area contributed by atoms with E-state index >= 15 is 0 Å². The zero-order valence-electron chi connectivity index (χ0n) is 13.7. The lowest BCUT2D eigenvalue weighted by Crippen LogP contribution is -1.98. The van der Waals surface area contributed by atoms with Crippen molar-refractivity contribution in [2.45, 2.75) is 97.4 Å². The Labute approximate surface area is 126 Å². The quantitative estimate of drug-likeness (QED) is 0.411. The first-order valence-corrected chi connectivity index (χ1v) is 8.82. The summed E-state index contributed by atoms with van der Waals surface area (Å²) in [6, 6.07) is 0. The van der Waals surface area contributed by atoms with Crippen LogP contribution in [0.15, 0.2) is 12.4 Å². The van der Waals surface area contributed by atoms with Crippen molar-refractivity contribution in [1.29, 1.82) is 0 Å². The average molecular weight is 278 g/mol. The Morgan fingerprint density at radius 1 is 0.800 bits per heavy atom. The van der Waals surface area contributed by atoms with Crippen LogP contribution in [0, 0.1) is 6.92 Å². The van der Waals surface area contributed by atoms with Gasteiger partial charge in [-0.25, -0.2) is 4.98 Å². The van der Waals surface area contributed by atoms with Crippen LogP contribution < -0.4 is 0 Å². The van der Waals surface area contributed by atoms with Crippen LogP contribution in [0.1, 0.15) is 89.8 Å². The standard InChI is InChI=1S/C18H34N2/c1-3-4-5-6-7-8-9-10-11-12-13-14-16-20-17-15-19-18(20)2/h15,17H,3-14,16H2,1-2H3. The highest BCUT2D eigenvalue weighted by atomic mass is 15.0. The Morgan fingerprint density at radius 2 is 1.30 bits per heavy atom. The van der Waals surface area contributed by atoms with Gasteiger partial charge in [-0.3, -0.25) is 0 Å². The number of nitrogens with zero attached hydrogens (tertiary/aromatic N) is 2. The Morgan fingerprint density at radius 3 is 1.75 bits per heavy atom. The molecule has 2 nitrogen and oxygen atoms in total. The molecule has 0 aliphatic carbocycles. The van der Waals surface area contributed by atoms with Crippen molar-refractivity contribution in [3.63, 3.8) is 0 Å². The number of imidazole rings is 1. The second-order valence-corrected chi connectivity index (χ2v) is 6.06. The molecule has 0 atom stereocenters. The minimum absolute atomic E-state index is 1.14. The maximum absolute atomic E-state index is 4.25. The number of hydrogen-bond acceptors (Lipinski definition) is 1. The summed E-state index contributed by atoms with van der Waals surface area (Å²) in [6.45, 7) is 5.51. The number of aryl methyl sites for hydroxylation is 2. The molecule has 0 N–H and O–H groups in total. The molecule has 0 saturated heterocycles. The van der Waals surface area contributed by atoms with E-state index in [1.807, 2.05) is 6.20 Å². The molecule has 0 spiro atoms. The van der Waals surface area contributed by atoms with E-state index in [0.29, 0.717) is 0 Å². The van der Waals surface area contributed by atoms with Crippen LogP contribution >= 0.6 is 0 Å². The summed E-state index contributed by atoms with van der Waals surface area (Å²) in [7, 11) is 0. The fourth-order valence-electron chi connectivity index (χ4n) is 2.76. The van der Waals surface area contributed by atoms with Crippen molar-refractivity contribution in [3.05, 3.63) is 18.2 Å². The second-order valence-electron chi connectivity index (χ2n) is 6.06. The van der Waals surface area contributed by atoms with Gasteiger partial charge in [-0.2, -0.15) is 0 Å². The van der Waals surface area contributed by atoms with E-state index in [9.17, 15) is 0 Å². The normalized spacial score (nSPS) is 11.1. The Hall–Kier alpha value is -0.790. The van der Waals surface area contributed by atoms with Gasteiger partial charge >= 0.3 is 0 Å². The molecule has 0 radical (unpaired) electrons. The summed E-state index contributed by atoms with van der Waals surface area (Å²) in [6.07, 6.45) is 21.0. The van der Waals surface area contributed by atoms with Crippen molar-refractivity contribution in [2.24, 2.45) is 0 Å². The molecule has 0 saturated carbocycles. The predicted molar refractivity (Wildman–Crippen MR) is 88.0 cm³/mol. The van der Waals surface area contributed by atoms with Gasteiger partial charge in [-0.05, 0) is 13.3 Å². The number of hydrogen-bond donors (Lipinski definition) is 0. The summed E-state index contributed by atoms with van der Waals surface area (Å²) < 4.78 is 2.26. The predicted octanol–water partition coefficient (Wildman–Crippen LogP) is 5.89. The first kappa shape index (κ1) is 17.3. The zero-order valence-corrected chi connectivity index (χ0v) is 13.7. The molecular formula is C18H34N2. The van der Waals surface area contributed by atoms with Gasteiger partial charge in [0.2, 0.25) is 0 Å². The third-order valence-electron chi connectivity index (χ3n) is 4.18. The molecule has 0 aliphatic rings. The molecule has 20 heavy (non-hydrogen) atoms. The fourth-order valence-corrected chi connectivity index (χ4v) is 2.76. The summed E-state index contributed by atoms with van der Waals surface area (Å²) in [5.41, 5.74) is 0. The van der Waals surface area contributed by atoms with Crippen LogP contribution in [0.3, 0.4) is 0 Å². The Balaban J connectivity index is 1.78. The first-order chi connectivity index (χ1) is 9.84. The van der Waals surface area contributed by atoms with Gasteiger partial charge in [0, 0.05) is 18.9 Å². The Bertz CT molecular complexity index is 317. The second kappa shape index (κ2) is 12.0. The summed E-state index contributed by atoms with van der Waals surface area (Å²) in [5, 5.41) is 0. The van der Waals surface area contributed by atoms with E-state index in [4.69, 9.17) is 0 Å². The zero-order chi connectivity index (χ0) is 14.5. The molecule has 0 amide bonds. The van der Waals surface area contributed by atoms with Crippen LogP contribution in [0.5, 0.6) is 0 Å². The lowest BCUT2D eigenvalue weighted by Gasteiger charge is -2.05. The minimum atomic E-state index is 1.14. The van der Waals surface area contributed by atoms with Crippen LogP contribution in [-0.2, 0) is 6.54 Å². The van der Waals surface area contributed by atoms with Crippen molar-refractivity contribution in [2.75, 3.05) is 0 Å². The topological polar surface area (TPSA) is 17.8 Å². The minimum Gasteiger partial charge on any atom is -0.335 e. The molecule has 0 unspecified atom stereocenters. The third-order valence-corrected chi connectivity index (χ3v) is 4.18. The summed E-state index contributed by atoms with van der Waals surface area (Å²) in [4.78, 5) is 4.25. The van der Waals surface area contributed by atoms with Crippen molar-refractivity contribution < 1.29 is 0 Å². The fraction of sp³-hybridized carbons (Fsp3) is 0.833. The van der Waals surface area contributed by atoms with Gasteiger partial charge in [0.15, 0.2) is 0 Å². The van der Waals surface area contributed by atoms with Gasteiger partial charge in [0.1, 0.15) is 5.82 Å². The van der Waals surface area contributed by atoms with Gasteiger partial charge in [-0.15, -0.1) is 0 Å². The van der Waals surface area contributed by atoms with Crippen molar-refractivity contribution in [1.82, 2.24) is 9.55 Å². The molecule has 0 bridgehead atoms. The highest BCUT2D eigenvalue weighted by Gasteiger charge is 1.96. The van der Waals surface area contributed by atoms with Gasteiger partial charge in [0.05, 0.1) is 0 Å². The molecule has 0 aromatic carbocycles. The van der Waals surface area contributed by atoms with E-state index in [2.05, 4.69) is 29.6 Å². The molecular weight excluding hydrogens is 244 g/mol. The highest BCUT2D eigenvalue weighted by Crippen LogP contribution is 2.12. The van der Waals surface area contributed by atoms with E-state index in [0.717, 1.165) is 12.4 Å². The van der Waals surface area contributed by atoms with E-state index < -0.39 is 0 Å². The summed E-state index contributed by atoms with van der Waals surface area (Å²) >= 11 is 0. The molecule has 1 rings (SSSR count). The van der Waals surface area contributed by atoms with Gasteiger partial charge in [0.25, 0.3) is 0 Å². The molecule has 1 aromatic rings. The molecule has 0 aliphatic heterocycles. The van der Waals surface area contributed by atoms with E-state index in [1.54, 1.807) is 0 Å². The first-order valence-electron chi connectivity index (χ1n) is 8.82. The number of rotatable bonds is 13. The van der Waals surface area contributed by atoms with Crippen LogP contribution in [0.25, 0.3) is 0 Å². The van der Waals surface area contributed by atoms with Gasteiger partial charge in [-0.1, -0.05) is 77.6 Å². The molecule has 1 heterocycles.